The largest absolute Gasteiger partial charge is 0.759 e. The van der Waals surface area contributed by atoms with E-state index in [9.17, 15) is 9.59 Å². The molecular weight excluding hydrogens is 472 g/mol. The molecule has 10 nitrogen and oxygen atoms in total. The van der Waals surface area contributed by atoms with E-state index >= 15 is 0 Å². The topological polar surface area (TPSA) is 138 Å². The van der Waals surface area contributed by atoms with Crippen LogP contribution in [0.3, 0.4) is 0 Å². The highest BCUT2D eigenvalue weighted by Crippen LogP contribution is 2.05. The lowest BCUT2D eigenvalue weighted by atomic mass is 10.3. The molecule has 0 rings (SSSR count). The lowest BCUT2D eigenvalue weighted by Crippen LogP contribution is -2.51. The van der Waals surface area contributed by atoms with Crippen LogP contribution in [0.4, 0.5) is 0 Å². The van der Waals surface area contributed by atoms with Crippen molar-refractivity contribution in [2.24, 2.45) is 0 Å². The molecule has 0 aromatic rings. The number of amides is 2. The van der Waals surface area contributed by atoms with Crippen molar-refractivity contribution < 1.29 is 36.1 Å². The van der Waals surface area contributed by atoms with E-state index in [1.807, 2.05) is 0 Å². The fourth-order valence-corrected chi connectivity index (χ4v) is 3.41. The van der Waals surface area contributed by atoms with Crippen molar-refractivity contribution in [2.45, 2.75) is 55.4 Å². The highest BCUT2D eigenvalue weighted by atomic mass is 32.3. The van der Waals surface area contributed by atoms with E-state index in [2.05, 4.69) is 65.3 Å². The maximum atomic E-state index is 11.3. The van der Waals surface area contributed by atoms with Crippen LogP contribution >= 0.6 is 0 Å². The van der Waals surface area contributed by atoms with Gasteiger partial charge in [-0.2, -0.15) is 0 Å². The van der Waals surface area contributed by atoms with Crippen molar-refractivity contribution in [3.8, 4) is 0 Å². The van der Waals surface area contributed by atoms with Gasteiger partial charge in [-0.25, -0.2) is 0 Å². The molecule has 0 radical (unpaired) electrons. The summed E-state index contributed by atoms with van der Waals surface area (Å²) in [5.74, 6) is -0.0622. The Bertz CT molecular complexity index is 673. The molecule has 0 saturated carbocycles. The summed E-state index contributed by atoms with van der Waals surface area (Å²) in [6.07, 6.45) is 0. The molecule has 0 saturated heterocycles. The summed E-state index contributed by atoms with van der Waals surface area (Å²) in [6.45, 7) is 34.1. The molecular formula is C24H50N4O6S. The monoisotopic (exact) mass is 522 g/mol. The molecule has 35 heavy (non-hydrogen) atoms. The molecule has 0 aromatic heterocycles. The van der Waals surface area contributed by atoms with E-state index in [1.54, 1.807) is 13.8 Å². The zero-order chi connectivity index (χ0) is 28.3. The number of hydrogen-bond acceptors (Lipinski definition) is 6. The smallest absolute Gasteiger partial charge is 0.246 e. The molecule has 11 heteroatoms. The normalized spacial score (nSPS) is 11.3. The number of likely N-dealkylation sites (N-methyl/N-ethyl adjacent to an activating group) is 2. The molecule has 0 aliphatic carbocycles. The van der Waals surface area contributed by atoms with Gasteiger partial charge in [0.2, 0.25) is 11.8 Å². The second kappa shape index (κ2) is 19.4. The Balaban J connectivity index is -0.000000491. The van der Waals surface area contributed by atoms with Crippen LogP contribution in [0.1, 0.15) is 55.4 Å². The van der Waals surface area contributed by atoms with E-state index in [1.165, 1.54) is 0 Å². The number of carbonyl (C=O) groups is 2. The molecule has 0 bridgehead atoms. The van der Waals surface area contributed by atoms with Crippen molar-refractivity contribution >= 4 is 22.2 Å². The van der Waals surface area contributed by atoms with E-state index in [0.29, 0.717) is 11.1 Å². The maximum absolute atomic E-state index is 11.3. The van der Waals surface area contributed by atoms with Gasteiger partial charge >= 0.3 is 0 Å². The standard InChI is InChI=1S/2C12H24N2O.H2O4S/c2*1-6-14(7-2,8-3)10-9-13-12(15)11(4)5;1-5(2,3)4/h2*4,6-10H2,1-3,5H3;(H2,1,2,3,4). The Morgan fingerprint density at radius 1 is 0.657 bits per heavy atom. The van der Waals surface area contributed by atoms with Gasteiger partial charge in [0.15, 0.2) is 0 Å². The first kappa shape index (κ1) is 37.8. The van der Waals surface area contributed by atoms with E-state index in [-0.39, 0.29) is 11.8 Å². The quantitative estimate of drug-likeness (QED) is 0.154. The Labute approximate surface area is 214 Å². The van der Waals surface area contributed by atoms with Gasteiger partial charge < -0.3 is 28.7 Å². The number of nitrogens with zero attached hydrogens (tertiary/aromatic N) is 2. The number of rotatable bonds is 14. The van der Waals surface area contributed by atoms with Crippen molar-refractivity contribution in [1.82, 2.24) is 10.6 Å². The second-order valence-corrected chi connectivity index (χ2v) is 9.33. The number of hydrogen-bond donors (Lipinski definition) is 2. The van der Waals surface area contributed by atoms with Crippen LogP contribution in [0.15, 0.2) is 24.3 Å². The first-order valence-corrected chi connectivity index (χ1v) is 13.6. The lowest BCUT2D eigenvalue weighted by Gasteiger charge is -2.35. The molecule has 0 unspecified atom stereocenters. The fourth-order valence-electron chi connectivity index (χ4n) is 3.41. The van der Waals surface area contributed by atoms with Gasteiger partial charge in [0.1, 0.15) is 0 Å². The number of quaternary nitrogens is 2. The zero-order valence-electron chi connectivity index (χ0n) is 23.2. The average Bonchev–Trinajstić information content (AvgIpc) is 2.79. The minimum atomic E-state index is -5.17. The third-order valence-electron chi connectivity index (χ3n) is 6.54. The lowest BCUT2D eigenvalue weighted by molar-refractivity contribution is -0.922. The Kier molecular flexibility index (Phi) is 20.9. The van der Waals surface area contributed by atoms with Crippen LogP contribution in [-0.4, -0.2) is 104 Å². The molecule has 0 heterocycles. The van der Waals surface area contributed by atoms with Crippen molar-refractivity contribution in [3.63, 3.8) is 0 Å². The third-order valence-corrected chi connectivity index (χ3v) is 6.54. The van der Waals surface area contributed by atoms with Crippen LogP contribution in [0.25, 0.3) is 0 Å². The van der Waals surface area contributed by atoms with Gasteiger partial charge in [-0.3, -0.25) is 18.0 Å². The van der Waals surface area contributed by atoms with Gasteiger partial charge in [-0.1, -0.05) is 13.2 Å². The maximum Gasteiger partial charge on any atom is 0.246 e. The SMILES string of the molecule is C=C(C)C(=O)NCC[N+](CC)(CC)CC.C=C(C)C(=O)NCC[N+](CC)(CC)CC.O=S(=O)([O-])[O-]. The van der Waals surface area contributed by atoms with Gasteiger partial charge in [0.25, 0.3) is 0 Å². The summed E-state index contributed by atoms with van der Waals surface area (Å²) >= 11 is 0. The van der Waals surface area contributed by atoms with Crippen LogP contribution < -0.4 is 10.6 Å². The van der Waals surface area contributed by atoms with Gasteiger partial charge in [-0.15, -0.1) is 0 Å². The summed E-state index contributed by atoms with van der Waals surface area (Å²) in [7, 11) is -5.17. The fraction of sp³-hybridized carbons (Fsp3) is 0.750. The van der Waals surface area contributed by atoms with Crippen molar-refractivity contribution in [3.05, 3.63) is 24.3 Å². The highest BCUT2D eigenvalue weighted by Gasteiger charge is 2.21. The van der Waals surface area contributed by atoms with Crippen LogP contribution in [0, 0.1) is 0 Å². The molecule has 2 N–H and O–H groups in total. The zero-order valence-corrected chi connectivity index (χ0v) is 24.1. The Hall–Kier alpha value is -1.79. The Morgan fingerprint density at radius 3 is 1.00 bits per heavy atom. The molecule has 0 aromatic carbocycles. The third kappa shape index (κ3) is 20.1. The van der Waals surface area contributed by atoms with E-state index in [0.717, 1.165) is 74.4 Å². The van der Waals surface area contributed by atoms with Crippen LogP contribution in [0.5, 0.6) is 0 Å². The predicted molar refractivity (Wildman–Crippen MR) is 140 cm³/mol. The van der Waals surface area contributed by atoms with Crippen molar-refractivity contribution in [2.75, 3.05) is 65.4 Å². The van der Waals surface area contributed by atoms with Crippen LogP contribution in [0.2, 0.25) is 0 Å². The number of nitrogens with one attached hydrogen (secondary N) is 2. The molecule has 0 atom stereocenters. The van der Waals surface area contributed by atoms with Crippen LogP contribution in [-0.2, 0) is 20.0 Å². The molecule has 0 fully saturated rings. The van der Waals surface area contributed by atoms with E-state index < -0.39 is 10.4 Å². The Morgan fingerprint density at radius 2 is 0.857 bits per heavy atom. The molecule has 0 aliphatic rings. The first-order valence-electron chi connectivity index (χ1n) is 12.3. The summed E-state index contributed by atoms with van der Waals surface area (Å²) in [5, 5.41) is 5.77. The molecule has 0 spiro atoms. The summed E-state index contributed by atoms with van der Waals surface area (Å²) in [6, 6.07) is 0. The van der Waals surface area contributed by atoms with Crippen molar-refractivity contribution in [1.29, 1.82) is 0 Å². The first-order chi connectivity index (χ1) is 16.0. The second-order valence-electron chi connectivity index (χ2n) is 8.51. The predicted octanol–water partition coefficient (Wildman–Crippen LogP) is 1.77. The van der Waals surface area contributed by atoms with Gasteiger partial charge in [0, 0.05) is 21.5 Å². The van der Waals surface area contributed by atoms with Gasteiger partial charge in [-0.05, 0) is 55.4 Å². The summed E-state index contributed by atoms with van der Waals surface area (Å²) in [4.78, 5) is 22.6. The molecule has 2 amide bonds. The van der Waals surface area contributed by atoms with E-state index in [4.69, 9.17) is 17.5 Å². The summed E-state index contributed by atoms with van der Waals surface area (Å²) in [5.41, 5.74) is 1.16. The van der Waals surface area contributed by atoms with Gasteiger partial charge in [0.05, 0.1) is 65.4 Å². The number of carbonyl (C=O) groups excluding carboxylic acids is 2. The minimum absolute atomic E-state index is 0.0311. The summed E-state index contributed by atoms with van der Waals surface area (Å²) < 4.78 is 36.2. The minimum Gasteiger partial charge on any atom is -0.759 e. The average molecular weight is 523 g/mol. The molecule has 0 aliphatic heterocycles. The highest BCUT2D eigenvalue weighted by molar-refractivity contribution is 7.79. The molecule has 208 valence electrons.